The molecule has 88 valence electrons. The molecule has 0 spiro atoms. The Morgan fingerprint density at radius 3 is 2.53 bits per heavy atom. The predicted octanol–water partition coefficient (Wildman–Crippen LogP) is 3.16. The Balaban J connectivity index is 2.34. The van der Waals surface area contributed by atoms with Crippen molar-refractivity contribution in [2.75, 3.05) is 6.26 Å². The third kappa shape index (κ3) is 2.68. The van der Waals surface area contributed by atoms with Gasteiger partial charge in [0.05, 0.1) is 11.1 Å². The molecule has 1 atom stereocenters. The molecule has 0 amide bonds. The molecule has 0 aliphatic heterocycles. The zero-order valence-corrected chi connectivity index (χ0v) is 10.9. The minimum atomic E-state index is -0.0976. The molecule has 3 heteroatoms. The number of hydrogen-bond donors (Lipinski definition) is 1. The summed E-state index contributed by atoms with van der Waals surface area (Å²) in [6, 6.07) is 12.1. The van der Waals surface area contributed by atoms with Gasteiger partial charge in [-0.15, -0.1) is 11.8 Å². The van der Waals surface area contributed by atoms with Gasteiger partial charge in [0, 0.05) is 6.20 Å². The third-order valence-corrected chi connectivity index (χ3v) is 3.47. The van der Waals surface area contributed by atoms with Crippen molar-refractivity contribution in [3.05, 3.63) is 59.3 Å². The lowest BCUT2D eigenvalue weighted by molar-refractivity contribution is 0.844. The molecule has 0 unspecified atom stereocenters. The summed E-state index contributed by atoms with van der Waals surface area (Å²) in [7, 11) is 0. The van der Waals surface area contributed by atoms with E-state index >= 15 is 0 Å². The molecule has 0 saturated carbocycles. The first-order valence-corrected chi connectivity index (χ1v) is 6.76. The first-order chi connectivity index (χ1) is 8.22. The highest BCUT2D eigenvalue weighted by Crippen LogP contribution is 2.24. The minimum Gasteiger partial charge on any atom is -0.320 e. The van der Waals surface area contributed by atoms with Crippen molar-refractivity contribution in [3.8, 4) is 0 Å². The van der Waals surface area contributed by atoms with Gasteiger partial charge >= 0.3 is 0 Å². The maximum Gasteiger partial charge on any atom is 0.0959 e. The fourth-order valence-corrected chi connectivity index (χ4v) is 2.27. The zero-order chi connectivity index (χ0) is 12.3. The largest absolute Gasteiger partial charge is 0.320 e. The molecule has 1 aromatic carbocycles. The maximum absolute atomic E-state index is 6.26. The highest BCUT2D eigenvalue weighted by atomic mass is 32.2. The summed E-state index contributed by atoms with van der Waals surface area (Å²) in [6.07, 6.45) is 3.91. The number of nitrogens with two attached hydrogens (primary N) is 1. The van der Waals surface area contributed by atoms with Crippen molar-refractivity contribution >= 4 is 11.8 Å². The van der Waals surface area contributed by atoms with Crippen LogP contribution in [0.15, 0.2) is 47.6 Å². The number of benzene rings is 1. The second kappa shape index (κ2) is 5.34. The molecule has 2 N–H and O–H groups in total. The normalized spacial score (nSPS) is 12.4. The number of pyridine rings is 1. The van der Waals surface area contributed by atoms with Crippen LogP contribution in [0.1, 0.15) is 22.7 Å². The van der Waals surface area contributed by atoms with E-state index in [9.17, 15) is 0 Å². The van der Waals surface area contributed by atoms with Crippen molar-refractivity contribution in [1.82, 2.24) is 4.98 Å². The van der Waals surface area contributed by atoms with Crippen LogP contribution in [0.4, 0.5) is 0 Å². The molecule has 2 nitrogen and oxygen atoms in total. The van der Waals surface area contributed by atoms with E-state index in [1.54, 1.807) is 11.8 Å². The molecule has 0 radical (unpaired) electrons. The molecule has 0 fully saturated rings. The van der Waals surface area contributed by atoms with E-state index in [2.05, 4.69) is 18.0 Å². The summed E-state index contributed by atoms with van der Waals surface area (Å²) in [5.41, 5.74) is 9.67. The minimum absolute atomic E-state index is 0.0976. The molecular formula is C14H16N2S. The number of rotatable bonds is 3. The monoisotopic (exact) mass is 244 g/mol. The molecule has 2 aromatic rings. The van der Waals surface area contributed by atoms with Crippen molar-refractivity contribution < 1.29 is 0 Å². The fraction of sp³-hybridized carbons (Fsp3) is 0.214. The number of aromatic nitrogens is 1. The lowest BCUT2D eigenvalue weighted by Gasteiger charge is -2.15. The van der Waals surface area contributed by atoms with Crippen LogP contribution in [0.5, 0.6) is 0 Å². The van der Waals surface area contributed by atoms with Crippen LogP contribution in [0, 0.1) is 6.92 Å². The molecule has 1 heterocycles. The second-order valence-electron chi connectivity index (χ2n) is 3.97. The van der Waals surface area contributed by atoms with E-state index in [0.29, 0.717) is 0 Å². The van der Waals surface area contributed by atoms with E-state index in [1.807, 2.05) is 42.8 Å². The molecule has 0 aliphatic carbocycles. The van der Waals surface area contributed by atoms with Gasteiger partial charge in [0.2, 0.25) is 0 Å². The molecule has 1 aromatic heterocycles. The molecule has 2 rings (SSSR count). The van der Waals surface area contributed by atoms with E-state index in [0.717, 1.165) is 16.2 Å². The van der Waals surface area contributed by atoms with E-state index in [-0.39, 0.29) is 6.04 Å². The summed E-state index contributed by atoms with van der Waals surface area (Å²) in [5.74, 6) is 0. The fourth-order valence-electron chi connectivity index (χ4n) is 1.82. The van der Waals surface area contributed by atoms with Crippen LogP contribution in [-0.2, 0) is 0 Å². The maximum atomic E-state index is 6.26. The first-order valence-electron chi connectivity index (χ1n) is 5.53. The zero-order valence-electron chi connectivity index (χ0n) is 10.1. The van der Waals surface area contributed by atoms with Gasteiger partial charge < -0.3 is 5.73 Å². The van der Waals surface area contributed by atoms with Crippen LogP contribution in [0.3, 0.4) is 0 Å². The van der Waals surface area contributed by atoms with Crippen LogP contribution >= 0.6 is 11.8 Å². The van der Waals surface area contributed by atoms with Gasteiger partial charge in [-0.3, -0.25) is 0 Å². The van der Waals surface area contributed by atoms with Crippen molar-refractivity contribution in [1.29, 1.82) is 0 Å². The SMILES string of the molecule is CSc1cc(C)c([C@@H](N)c2ccccc2)cn1. The third-order valence-electron chi connectivity index (χ3n) is 2.83. The Bertz CT molecular complexity index is 497. The van der Waals surface area contributed by atoms with Crippen LogP contribution in [-0.4, -0.2) is 11.2 Å². The molecule has 0 saturated heterocycles. The van der Waals surface area contributed by atoms with Gasteiger partial charge in [-0.05, 0) is 35.9 Å². The Hall–Kier alpha value is -1.32. The lowest BCUT2D eigenvalue weighted by atomic mass is 9.98. The van der Waals surface area contributed by atoms with Gasteiger partial charge in [0.1, 0.15) is 0 Å². The smallest absolute Gasteiger partial charge is 0.0959 e. The summed E-state index contributed by atoms with van der Waals surface area (Å²) < 4.78 is 0. The van der Waals surface area contributed by atoms with Gasteiger partial charge in [-0.25, -0.2) is 4.98 Å². The number of thioether (sulfide) groups is 1. The number of hydrogen-bond acceptors (Lipinski definition) is 3. The van der Waals surface area contributed by atoms with Crippen molar-refractivity contribution in [2.24, 2.45) is 5.73 Å². The summed E-state index contributed by atoms with van der Waals surface area (Å²) in [5, 5.41) is 1.03. The summed E-state index contributed by atoms with van der Waals surface area (Å²) in [4.78, 5) is 4.39. The van der Waals surface area contributed by atoms with Crippen molar-refractivity contribution in [3.63, 3.8) is 0 Å². The van der Waals surface area contributed by atoms with Gasteiger partial charge in [0.25, 0.3) is 0 Å². The highest BCUT2D eigenvalue weighted by Gasteiger charge is 2.11. The Morgan fingerprint density at radius 2 is 1.94 bits per heavy atom. The number of aryl methyl sites for hydroxylation is 1. The van der Waals surface area contributed by atoms with Crippen LogP contribution in [0.2, 0.25) is 0 Å². The predicted molar refractivity (Wildman–Crippen MR) is 73.2 cm³/mol. The van der Waals surface area contributed by atoms with E-state index in [4.69, 9.17) is 5.73 Å². The average Bonchev–Trinajstić information content (AvgIpc) is 2.39. The summed E-state index contributed by atoms with van der Waals surface area (Å²) in [6.45, 7) is 2.08. The van der Waals surface area contributed by atoms with Crippen LogP contribution in [0.25, 0.3) is 0 Å². The highest BCUT2D eigenvalue weighted by molar-refractivity contribution is 7.98. The molecule has 0 bridgehead atoms. The topological polar surface area (TPSA) is 38.9 Å². The Morgan fingerprint density at radius 1 is 1.24 bits per heavy atom. The van der Waals surface area contributed by atoms with Gasteiger partial charge in [0.15, 0.2) is 0 Å². The second-order valence-corrected chi connectivity index (χ2v) is 4.80. The van der Waals surface area contributed by atoms with E-state index in [1.165, 1.54) is 5.56 Å². The Labute approximate surface area is 106 Å². The van der Waals surface area contributed by atoms with Crippen LogP contribution < -0.4 is 5.73 Å². The van der Waals surface area contributed by atoms with E-state index < -0.39 is 0 Å². The van der Waals surface area contributed by atoms with Gasteiger partial charge in [-0.1, -0.05) is 30.3 Å². The quantitative estimate of drug-likeness (QED) is 0.843. The van der Waals surface area contributed by atoms with Crippen molar-refractivity contribution in [2.45, 2.75) is 18.0 Å². The number of nitrogens with zero attached hydrogens (tertiary/aromatic N) is 1. The molecular weight excluding hydrogens is 228 g/mol. The molecule has 0 aliphatic rings. The standard InChI is InChI=1S/C14H16N2S/c1-10-8-13(17-2)16-9-12(10)14(15)11-6-4-3-5-7-11/h3-9,14H,15H2,1-2H3/t14-/m0/s1. The van der Waals surface area contributed by atoms with Gasteiger partial charge in [-0.2, -0.15) is 0 Å². The first kappa shape index (κ1) is 12.1. The lowest BCUT2D eigenvalue weighted by Crippen LogP contribution is -2.13. The Kier molecular flexibility index (Phi) is 3.82. The summed E-state index contributed by atoms with van der Waals surface area (Å²) >= 11 is 1.65. The average molecular weight is 244 g/mol. The molecule has 17 heavy (non-hydrogen) atoms.